The highest BCUT2D eigenvalue weighted by Crippen LogP contribution is 2.52. The Hall–Kier alpha value is -0.0200. The summed E-state index contributed by atoms with van der Waals surface area (Å²) in [5, 5.41) is 0. The van der Waals surface area contributed by atoms with E-state index >= 15 is 0 Å². The minimum atomic E-state index is 0.408. The van der Waals surface area contributed by atoms with Crippen molar-refractivity contribution in [1.82, 2.24) is 0 Å². The molecule has 0 spiro atoms. The van der Waals surface area contributed by atoms with Crippen LogP contribution in [-0.4, -0.2) is 6.61 Å². The second kappa shape index (κ2) is 6.39. The molecule has 4 unspecified atom stereocenters. The SMILES string of the molecule is CCOc1ccc(Br)cc1C(Br)CC1CC2CCC1C2. The van der Waals surface area contributed by atoms with Crippen molar-refractivity contribution in [3.05, 3.63) is 28.2 Å². The molecule has 4 atom stereocenters. The van der Waals surface area contributed by atoms with Crippen molar-refractivity contribution in [2.75, 3.05) is 6.61 Å². The molecule has 0 radical (unpaired) electrons. The van der Waals surface area contributed by atoms with Crippen molar-refractivity contribution in [3.63, 3.8) is 0 Å². The Balaban J connectivity index is 1.72. The molecule has 110 valence electrons. The van der Waals surface area contributed by atoms with Gasteiger partial charge in [0.05, 0.1) is 6.61 Å². The van der Waals surface area contributed by atoms with Crippen LogP contribution in [0.4, 0.5) is 0 Å². The number of ether oxygens (including phenoxy) is 1. The Labute approximate surface area is 138 Å². The number of benzene rings is 1. The summed E-state index contributed by atoms with van der Waals surface area (Å²) in [7, 11) is 0. The molecule has 0 heterocycles. The van der Waals surface area contributed by atoms with E-state index in [1.54, 1.807) is 0 Å². The first kappa shape index (κ1) is 14.9. The number of hydrogen-bond donors (Lipinski definition) is 0. The largest absolute Gasteiger partial charge is 0.494 e. The van der Waals surface area contributed by atoms with Crippen LogP contribution in [0.2, 0.25) is 0 Å². The highest BCUT2D eigenvalue weighted by Gasteiger charge is 2.40. The average Bonchev–Trinajstić information content (AvgIpc) is 3.03. The zero-order valence-corrected chi connectivity index (χ0v) is 15.1. The van der Waals surface area contributed by atoms with Gasteiger partial charge in [-0.2, -0.15) is 0 Å². The average molecular weight is 402 g/mol. The van der Waals surface area contributed by atoms with E-state index in [0.717, 1.165) is 34.6 Å². The van der Waals surface area contributed by atoms with Crippen molar-refractivity contribution in [2.45, 2.75) is 43.9 Å². The number of hydrogen-bond acceptors (Lipinski definition) is 1. The van der Waals surface area contributed by atoms with Crippen LogP contribution in [0, 0.1) is 17.8 Å². The molecular weight excluding hydrogens is 380 g/mol. The van der Waals surface area contributed by atoms with E-state index < -0.39 is 0 Å². The van der Waals surface area contributed by atoms with E-state index in [4.69, 9.17) is 4.74 Å². The smallest absolute Gasteiger partial charge is 0.123 e. The second-order valence-electron chi connectivity index (χ2n) is 6.25. The molecule has 2 saturated carbocycles. The highest BCUT2D eigenvalue weighted by molar-refractivity contribution is 9.10. The lowest BCUT2D eigenvalue weighted by Crippen LogP contribution is -2.12. The molecule has 1 aromatic rings. The van der Waals surface area contributed by atoms with Gasteiger partial charge >= 0.3 is 0 Å². The van der Waals surface area contributed by atoms with E-state index in [1.165, 1.54) is 37.7 Å². The molecule has 2 bridgehead atoms. The van der Waals surface area contributed by atoms with Crippen LogP contribution in [0.15, 0.2) is 22.7 Å². The van der Waals surface area contributed by atoms with Crippen LogP contribution in [0.3, 0.4) is 0 Å². The third-order valence-corrected chi connectivity index (χ3v) is 6.36. The van der Waals surface area contributed by atoms with E-state index in [1.807, 2.05) is 6.92 Å². The molecule has 0 aromatic heterocycles. The van der Waals surface area contributed by atoms with Gasteiger partial charge in [-0.3, -0.25) is 0 Å². The third kappa shape index (κ3) is 3.09. The molecule has 0 N–H and O–H groups in total. The molecule has 1 aromatic carbocycles. The summed E-state index contributed by atoms with van der Waals surface area (Å²) in [6.45, 7) is 2.77. The van der Waals surface area contributed by atoms with Crippen LogP contribution in [0.25, 0.3) is 0 Å². The molecule has 0 aliphatic heterocycles. The van der Waals surface area contributed by atoms with Gasteiger partial charge in [0, 0.05) is 14.9 Å². The van der Waals surface area contributed by atoms with Gasteiger partial charge in [-0.05, 0) is 68.6 Å². The van der Waals surface area contributed by atoms with Crippen molar-refractivity contribution >= 4 is 31.9 Å². The fourth-order valence-corrected chi connectivity index (χ4v) is 5.33. The zero-order valence-electron chi connectivity index (χ0n) is 11.9. The topological polar surface area (TPSA) is 9.23 Å². The van der Waals surface area contributed by atoms with Crippen LogP contribution in [0.5, 0.6) is 5.75 Å². The summed E-state index contributed by atoms with van der Waals surface area (Å²) >= 11 is 7.51. The molecule has 3 rings (SSSR count). The molecule has 2 aliphatic rings. The lowest BCUT2D eigenvalue weighted by atomic mass is 9.84. The number of alkyl halides is 1. The zero-order chi connectivity index (χ0) is 14.1. The predicted octanol–water partition coefficient (Wildman–Crippen LogP) is 6.11. The van der Waals surface area contributed by atoms with Gasteiger partial charge in [-0.25, -0.2) is 0 Å². The Bertz CT molecular complexity index is 474. The lowest BCUT2D eigenvalue weighted by molar-refractivity contribution is 0.308. The Morgan fingerprint density at radius 3 is 2.80 bits per heavy atom. The van der Waals surface area contributed by atoms with Crippen molar-refractivity contribution in [1.29, 1.82) is 0 Å². The summed E-state index contributed by atoms with van der Waals surface area (Å²) in [6, 6.07) is 6.35. The fourth-order valence-electron chi connectivity index (χ4n) is 4.11. The molecule has 1 nitrogen and oxygen atoms in total. The van der Waals surface area contributed by atoms with Crippen LogP contribution in [-0.2, 0) is 0 Å². The number of fused-ring (bicyclic) bond motifs is 2. The van der Waals surface area contributed by atoms with E-state index in [2.05, 4.69) is 50.1 Å². The first-order valence-electron chi connectivity index (χ1n) is 7.73. The molecular formula is C17H22Br2O. The van der Waals surface area contributed by atoms with Gasteiger partial charge in [0.25, 0.3) is 0 Å². The highest BCUT2D eigenvalue weighted by atomic mass is 79.9. The van der Waals surface area contributed by atoms with E-state index in [9.17, 15) is 0 Å². The molecule has 0 amide bonds. The minimum Gasteiger partial charge on any atom is -0.494 e. The van der Waals surface area contributed by atoms with Crippen molar-refractivity contribution < 1.29 is 4.74 Å². The van der Waals surface area contributed by atoms with Crippen molar-refractivity contribution in [3.8, 4) is 5.75 Å². The summed E-state index contributed by atoms with van der Waals surface area (Å²) in [5.74, 6) is 3.95. The summed E-state index contributed by atoms with van der Waals surface area (Å²) < 4.78 is 6.92. The van der Waals surface area contributed by atoms with Gasteiger partial charge in [0.1, 0.15) is 5.75 Å². The number of rotatable bonds is 5. The van der Waals surface area contributed by atoms with Gasteiger partial charge in [-0.1, -0.05) is 38.3 Å². The predicted molar refractivity (Wildman–Crippen MR) is 90.5 cm³/mol. The van der Waals surface area contributed by atoms with Crippen LogP contribution >= 0.6 is 31.9 Å². The normalized spacial score (nSPS) is 29.6. The molecule has 20 heavy (non-hydrogen) atoms. The lowest BCUT2D eigenvalue weighted by Gasteiger charge is -2.25. The first-order chi connectivity index (χ1) is 9.67. The van der Waals surface area contributed by atoms with Crippen molar-refractivity contribution in [2.24, 2.45) is 17.8 Å². The summed E-state index contributed by atoms with van der Waals surface area (Å²) in [6.07, 6.45) is 7.13. The van der Waals surface area contributed by atoms with Gasteiger partial charge < -0.3 is 4.74 Å². The first-order valence-corrected chi connectivity index (χ1v) is 9.44. The standard InChI is InChI=1S/C17H22Br2O/c1-2-20-17-6-5-14(18)10-15(17)16(19)9-13-8-11-3-4-12(13)7-11/h5-6,10-13,16H,2-4,7-9H2,1H3. The summed E-state index contributed by atoms with van der Waals surface area (Å²) in [5.41, 5.74) is 1.30. The Morgan fingerprint density at radius 2 is 2.15 bits per heavy atom. The van der Waals surface area contributed by atoms with Crippen LogP contribution in [0.1, 0.15) is 49.4 Å². The fraction of sp³-hybridized carbons (Fsp3) is 0.647. The second-order valence-corrected chi connectivity index (χ2v) is 8.27. The molecule has 2 aliphatic carbocycles. The summed E-state index contributed by atoms with van der Waals surface area (Å²) in [4.78, 5) is 0.408. The molecule has 2 fully saturated rings. The minimum absolute atomic E-state index is 0.408. The Morgan fingerprint density at radius 1 is 1.30 bits per heavy atom. The number of halogens is 2. The third-order valence-electron chi connectivity index (χ3n) is 5.00. The van der Waals surface area contributed by atoms with Gasteiger partial charge in [0.15, 0.2) is 0 Å². The van der Waals surface area contributed by atoms with E-state index in [-0.39, 0.29) is 0 Å². The maximum absolute atomic E-state index is 5.79. The maximum Gasteiger partial charge on any atom is 0.123 e. The van der Waals surface area contributed by atoms with E-state index in [0.29, 0.717) is 4.83 Å². The monoisotopic (exact) mass is 400 g/mol. The Kier molecular flexibility index (Phi) is 4.76. The van der Waals surface area contributed by atoms with Gasteiger partial charge in [-0.15, -0.1) is 0 Å². The van der Waals surface area contributed by atoms with Crippen LogP contribution < -0.4 is 4.74 Å². The molecule has 0 saturated heterocycles. The quantitative estimate of drug-likeness (QED) is 0.540. The maximum atomic E-state index is 5.79. The molecule has 3 heteroatoms. The van der Waals surface area contributed by atoms with Gasteiger partial charge in [0.2, 0.25) is 0 Å².